The number of ketones is 1. The third-order valence-corrected chi connectivity index (χ3v) is 5.69. The van der Waals surface area contributed by atoms with Gasteiger partial charge in [-0.1, -0.05) is 66.7 Å². The van der Waals surface area contributed by atoms with Crippen molar-refractivity contribution in [3.05, 3.63) is 83.9 Å². The van der Waals surface area contributed by atoms with Gasteiger partial charge in [-0.25, -0.2) is 0 Å². The molecule has 0 saturated carbocycles. The van der Waals surface area contributed by atoms with E-state index >= 15 is 0 Å². The van der Waals surface area contributed by atoms with Crippen molar-refractivity contribution < 1.29 is 14.0 Å². The first-order valence-corrected chi connectivity index (χ1v) is 9.73. The number of fused-ring (bicyclic) bond motifs is 1. The summed E-state index contributed by atoms with van der Waals surface area (Å²) in [6.45, 7) is 4.82. The maximum Gasteiger partial charge on any atom is 0.216 e. The monoisotopic (exact) mass is 360 g/mol. The molecule has 3 nitrogen and oxygen atoms in total. The van der Waals surface area contributed by atoms with Gasteiger partial charge in [0.2, 0.25) is 5.78 Å². The van der Waals surface area contributed by atoms with Crippen molar-refractivity contribution in [1.82, 2.24) is 0 Å². The number of Topliss-reactive ketones (excluding diaryl/α,β-unsaturated/α-hetero) is 1. The van der Waals surface area contributed by atoms with E-state index in [1.54, 1.807) is 0 Å². The molecule has 1 aliphatic heterocycles. The average molecular weight is 360 g/mol. The van der Waals surface area contributed by atoms with Crippen LogP contribution >= 0.6 is 0 Å². The number of carbonyl (C=O) groups excluding carboxylic acids is 1. The fraction of sp³-hybridized carbons (Fsp3) is 0.292. The van der Waals surface area contributed by atoms with Gasteiger partial charge in [0, 0.05) is 12.0 Å². The molecule has 0 aliphatic carbocycles. The molecular formula is C24H26NO2+. The molecule has 0 N–H and O–H groups in total. The number of carbonyl (C=O) groups is 1. The van der Waals surface area contributed by atoms with Crippen molar-refractivity contribution in [3.8, 4) is 0 Å². The van der Waals surface area contributed by atoms with Crippen LogP contribution in [0.2, 0.25) is 0 Å². The Morgan fingerprint density at radius 1 is 0.852 bits per heavy atom. The van der Waals surface area contributed by atoms with E-state index in [1.807, 2.05) is 30.3 Å². The minimum atomic E-state index is 0.232. The van der Waals surface area contributed by atoms with Crippen LogP contribution in [0.15, 0.2) is 72.8 Å². The Kier molecular flexibility index (Phi) is 5.33. The minimum Gasteiger partial charge on any atom is -0.370 e. The van der Waals surface area contributed by atoms with E-state index in [2.05, 4.69) is 42.5 Å². The van der Waals surface area contributed by atoms with E-state index in [9.17, 15) is 4.79 Å². The minimum absolute atomic E-state index is 0.232. The normalized spacial score (nSPS) is 16.3. The highest BCUT2D eigenvalue weighted by Gasteiger charge is 2.33. The van der Waals surface area contributed by atoms with Gasteiger partial charge in [-0.05, 0) is 22.4 Å². The molecule has 1 fully saturated rings. The molecule has 27 heavy (non-hydrogen) atoms. The van der Waals surface area contributed by atoms with Crippen LogP contribution in [0.1, 0.15) is 15.9 Å². The van der Waals surface area contributed by atoms with E-state index in [-0.39, 0.29) is 5.78 Å². The number of quaternary nitrogens is 1. The molecule has 3 heteroatoms. The third-order valence-electron chi connectivity index (χ3n) is 5.69. The number of ether oxygens (including phenoxy) is 1. The summed E-state index contributed by atoms with van der Waals surface area (Å²) >= 11 is 0. The van der Waals surface area contributed by atoms with Crippen molar-refractivity contribution in [2.24, 2.45) is 0 Å². The summed E-state index contributed by atoms with van der Waals surface area (Å²) < 4.78 is 6.41. The van der Waals surface area contributed by atoms with Crippen LogP contribution in [0.5, 0.6) is 0 Å². The Labute approximate surface area is 160 Å². The predicted molar refractivity (Wildman–Crippen MR) is 109 cm³/mol. The molecule has 3 aromatic carbocycles. The van der Waals surface area contributed by atoms with E-state index in [4.69, 9.17) is 4.74 Å². The van der Waals surface area contributed by atoms with E-state index in [0.717, 1.165) is 54.7 Å². The first kappa shape index (κ1) is 17.9. The zero-order chi connectivity index (χ0) is 18.5. The maximum absolute atomic E-state index is 13.1. The van der Waals surface area contributed by atoms with Gasteiger partial charge in [0.15, 0.2) is 0 Å². The summed E-state index contributed by atoms with van der Waals surface area (Å²) in [5.74, 6) is 0.232. The number of hydrogen-bond acceptors (Lipinski definition) is 2. The van der Waals surface area contributed by atoms with Crippen molar-refractivity contribution in [3.63, 3.8) is 0 Å². The van der Waals surface area contributed by atoms with Crippen molar-refractivity contribution in [2.45, 2.75) is 6.42 Å². The fourth-order valence-corrected chi connectivity index (χ4v) is 3.96. The summed E-state index contributed by atoms with van der Waals surface area (Å²) in [6, 6.07) is 24.8. The first-order chi connectivity index (χ1) is 13.2. The quantitative estimate of drug-likeness (QED) is 0.488. The van der Waals surface area contributed by atoms with E-state index < -0.39 is 0 Å². The van der Waals surface area contributed by atoms with Crippen molar-refractivity contribution in [2.75, 3.05) is 39.4 Å². The Morgan fingerprint density at radius 3 is 2.33 bits per heavy atom. The van der Waals surface area contributed by atoms with Crippen LogP contribution in [0.3, 0.4) is 0 Å². The second-order valence-electron chi connectivity index (χ2n) is 7.50. The average Bonchev–Trinajstić information content (AvgIpc) is 2.73. The molecule has 1 aliphatic rings. The number of nitrogens with zero attached hydrogens (tertiary/aromatic N) is 1. The van der Waals surface area contributed by atoms with E-state index in [0.29, 0.717) is 6.54 Å². The lowest BCUT2D eigenvalue weighted by atomic mass is 10.0. The van der Waals surface area contributed by atoms with E-state index in [1.165, 1.54) is 10.9 Å². The fourth-order valence-electron chi connectivity index (χ4n) is 3.96. The standard InChI is InChI=1S/C24H26NO2/c26-24(23-11-10-21-8-4-5-9-22(21)18-23)19-25(14-16-27-17-15-25)13-12-20-6-2-1-3-7-20/h1-11,18H,12-17,19H2/q+1. The molecule has 0 bridgehead atoms. The van der Waals surface area contributed by atoms with Crippen LogP contribution in [0, 0.1) is 0 Å². The highest BCUT2D eigenvalue weighted by molar-refractivity contribution is 6.00. The van der Waals surface area contributed by atoms with Gasteiger partial charge >= 0.3 is 0 Å². The lowest BCUT2D eigenvalue weighted by Crippen LogP contribution is -2.58. The molecule has 0 spiro atoms. The van der Waals surface area contributed by atoms with Gasteiger partial charge in [-0.2, -0.15) is 0 Å². The van der Waals surface area contributed by atoms with Gasteiger partial charge in [-0.15, -0.1) is 0 Å². The maximum atomic E-state index is 13.1. The predicted octanol–water partition coefficient (Wildman–Crippen LogP) is 4.11. The van der Waals surface area contributed by atoms with Crippen LogP contribution in [0.25, 0.3) is 10.8 Å². The first-order valence-electron chi connectivity index (χ1n) is 9.73. The summed E-state index contributed by atoms with van der Waals surface area (Å²) in [5, 5.41) is 2.30. The van der Waals surface area contributed by atoms with Crippen molar-refractivity contribution >= 4 is 16.6 Å². The Balaban J connectivity index is 1.52. The van der Waals surface area contributed by atoms with Gasteiger partial charge in [0.25, 0.3) is 0 Å². The largest absolute Gasteiger partial charge is 0.370 e. The molecule has 0 amide bonds. The number of hydrogen-bond donors (Lipinski definition) is 0. The molecule has 138 valence electrons. The topological polar surface area (TPSA) is 26.3 Å². The van der Waals surface area contributed by atoms with Crippen LogP contribution < -0.4 is 0 Å². The molecule has 0 radical (unpaired) electrons. The molecular weight excluding hydrogens is 334 g/mol. The second kappa shape index (κ2) is 8.03. The Morgan fingerprint density at radius 2 is 1.56 bits per heavy atom. The smallest absolute Gasteiger partial charge is 0.216 e. The number of morpholine rings is 1. The van der Waals surface area contributed by atoms with Crippen LogP contribution in [0.4, 0.5) is 0 Å². The van der Waals surface area contributed by atoms with Gasteiger partial charge in [0.05, 0.1) is 19.8 Å². The third kappa shape index (κ3) is 4.26. The molecule has 0 unspecified atom stereocenters. The molecule has 0 atom stereocenters. The highest BCUT2D eigenvalue weighted by Crippen LogP contribution is 2.19. The molecule has 0 aromatic heterocycles. The zero-order valence-corrected chi connectivity index (χ0v) is 15.6. The summed E-state index contributed by atoms with van der Waals surface area (Å²) in [7, 11) is 0. The molecule has 1 heterocycles. The number of rotatable bonds is 6. The zero-order valence-electron chi connectivity index (χ0n) is 15.6. The van der Waals surface area contributed by atoms with Gasteiger partial charge < -0.3 is 9.22 Å². The lowest BCUT2D eigenvalue weighted by Gasteiger charge is -2.41. The van der Waals surface area contributed by atoms with Crippen molar-refractivity contribution in [1.29, 1.82) is 0 Å². The van der Waals surface area contributed by atoms with Gasteiger partial charge in [-0.3, -0.25) is 4.79 Å². The van der Waals surface area contributed by atoms with Crippen LogP contribution in [-0.2, 0) is 11.2 Å². The summed E-state index contributed by atoms with van der Waals surface area (Å²) in [4.78, 5) is 13.1. The molecule has 4 rings (SSSR count). The summed E-state index contributed by atoms with van der Waals surface area (Å²) in [5.41, 5.74) is 2.15. The number of benzene rings is 3. The molecule has 3 aromatic rings. The van der Waals surface area contributed by atoms with Gasteiger partial charge in [0.1, 0.15) is 19.6 Å². The lowest BCUT2D eigenvalue weighted by molar-refractivity contribution is -0.927. The SMILES string of the molecule is O=C(C[N+]1(CCc2ccccc2)CCOCC1)c1ccc2ccccc2c1. The second-order valence-corrected chi connectivity index (χ2v) is 7.50. The molecule has 1 saturated heterocycles. The Hall–Kier alpha value is -2.49. The Bertz CT molecular complexity index is 914. The summed E-state index contributed by atoms with van der Waals surface area (Å²) in [6.07, 6.45) is 0.992. The van der Waals surface area contributed by atoms with Crippen LogP contribution in [-0.4, -0.2) is 49.7 Å². The highest BCUT2D eigenvalue weighted by atomic mass is 16.5.